The molecular formula is C12H20N4O2. The van der Waals surface area contributed by atoms with E-state index in [-0.39, 0.29) is 6.61 Å². The number of nitrogens with zero attached hydrogens (tertiary/aromatic N) is 2. The number of nitrogen functional groups attached to an aromatic ring is 1. The fraction of sp³-hybridized carbons (Fsp3) is 0.667. The third-order valence-corrected chi connectivity index (χ3v) is 3.62. The van der Waals surface area contributed by atoms with Crippen LogP contribution >= 0.6 is 0 Å². The molecular weight excluding hydrogens is 232 g/mol. The average Bonchev–Trinajstić information content (AvgIpc) is 2.85. The molecule has 6 nitrogen and oxygen atoms in total. The van der Waals surface area contributed by atoms with E-state index in [0.717, 1.165) is 19.4 Å². The smallest absolute Gasteiger partial charge is 0.242 e. The van der Waals surface area contributed by atoms with E-state index in [4.69, 9.17) is 10.5 Å². The lowest BCUT2D eigenvalue weighted by atomic mass is 9.97. The van der Waals surface area contributed by atoms with Gasteiger partial charge in [-0.3, -0.25) is 0 Å². The predicted octanol–water partition coefficient (Wildman–Crippen LogP) is 0.888. The molecule has 0 bridgehead atoms. The summed E-state index contributed by atoms with van der Waals surface area (Å²) in [5, 5.41) is 12.5. The maximum absolute atomic E-state index is 9.27. The van der Waals surface area contributed by atoms with Gasteiger partial charge in [0.1, 0.15) is 12.0 Å². The number of anilines is 2. The standard InChI is InChI=1S/C12H20N4O2/c1-18-12-10(13)11(15-7-16-12)14-5-8-3-2-4-9(8)6-17/h7-9,17H,2-6,13H2,1H3,(H,14,15,16). The minimum absolute atomic E-state index is 0.259. The fourth-order valence-electron chi connectivity index (χ4n) is 2.53. The topological polar surface area (TPSA) is 93.3 Å². The Hall–Kier alpha value is -1.56. The zero-order valence-electron chi connectivity index (χ0n) is 10.6. The molecule has 1 aromatic rings. The number of aliphatic hydroxyl groups excluding tert-OH is 1. The molecule has 1 saturated carbocycles. The Morgan fingerprint density at radius 3 is 2.94 bits per heavy atom. The highest BCUT2D eigenvalue weighted by molar-refractivity contribution is 5.66. The molecule has 100 valence electrons. The van der Waals surface area contributed by atoms with Crippen molar-refractivity contribution in [3.63, 3.8) is 0 Å². The van der Waals surface area contributed by atoms with Gasteiger partial charge in [0, 0.05) is 13.2 Å². The van der Waals surface area contributed by atoms with Crippen molar-refractivity contribution in [1.82, 2.24) is 9.97 Å². The van der Waals surface area contributed by atoms with Crippen molar-refractivity contribution in [2.45, 2.75) is 19.3 Å². The quantitative estimate of drug-likeness (QED) is 0.720. The van der Waals surface area contributed by atoms with Crippen molar-refractivity contribution in [3.05, 3.63) is 6.33 Å². The fourth-order valence-corrected chi connectivity index (χ4v) is 2.53. The molecule has 1 aliphatic carbocycles. The van der Waals surface area contributed by atoms with Crippen molar-refractivity contribution in [2.24, 2.45) is 11.8 Å². The first kappa shape index (κ1) is 12.9. The largest absolute Gasteiger partial charge is 0.479 e. The van der Waals surface area contributed by atoms with Gasteiger partial charge in [-0.15, -0.1) is 0 Å². The second-order valence-electron chi connectivity index (χ2n) is 4.66. The molecule has 0 amide bonds. The van der Waals surface area contributed by atoms with Crippen LogP contribution in [0.5, 0.6) is 5.88 Å². The minimum atomic E-state index is 0.259. The molecule has 1 heterocycles. The van der Waals surface area contributed by atoms with Crippen LogP contribution in [-0.4, -0.2) is 35.3 Å². The Balaban J connectivity index is 1.98. The number of nitrogens with one attached hydrogen (secondary N) is 1. The lowest BCUT2D eigenvalue weighted by Gasteiger charge is -2.18. The zero-order valence-corrected chi connectivity index (χ0v) is 10.6. The monoisotopic (exact) mass is 252 g/mol. The van der Waals surface area contributed by atoms with Crippen LogP contribution in [0.15, 0.2) is 6.33 Å². The number of aromatic nitrogens is 2. The number of methoxy groups -OCH3 is 1. The molecule has 2 rings (SSSR count). The Kier molecular flexibility index (Phi) is 4.19. The summed E-state index contributed by atoms with van der Waals surface area (Å²) in [4.78, 5) is 8.04. The normalized spacial score (nSPS) is 23.0. The van der Waals surface area contributed by atoms with Crippen LogP contribution in [0.3, 0.4) is 0 Å². The van der Waals surface area contributed by atoms with Gasteiger partial charge in [-0.2, -0.15) is 4.98 Å². The number of rotatable bonds is 5. The van der Waals surface area contributed by atoms with E-state index >= 15 is 0 Å². The molecule has 4 N–H and O–H groups in total. The van der Waals surface area contributed by atoms with Crippen LogP contribution in [0.1, 0.15) is 19.3 Å². The number of ether oxygens (including phenoxy) is 1. The molecule has 2 unspecified atom stereocenters. The lowest BCUT2D eigenvalue weighted by Crippen LogP contribution is -2.21. The van der Waals surface area contributed by atoms with E-state index in [2.05, 4.69) is 15.3 Å². The van der Waals surface area contributed by atoms with E-state index in [9.17, 15) is 5.11 Å². The Morgan fingerprint density at radius 1 is 1.44 bits per heavy atom. The molecule has 0 aromatic carbocycles. The highest BCUT2D eigenvalue weighted by atomic mass is 16.5. The maximum Gasteiger partial charge on any atom is 0.242 e. The van der Waals surface area contributed by atoms with E-state index < -0.39 is 0 Å². The van der Waals surface area contributed by atoms with Crippen molar-refractivity contribution >= 4 is 11.5 Å². The number of hydrogen-bond donors (Lipinski definition) is 3. The number of nitrogens with two attached hydrogens (primary N) is 1. The molecule has 0 saturated heterocycles. The lowest BCUT2D eigenvalue weighted by molar-refractivity contribution is 0.199. The minimum Gasteiger partial charge on any atom is -0.479 e. The van der Waals surface area contributed by atoms with Crippen LogP contribution in [-0.2, 0) is 0 Å². The molecule has 0 radical (unpaired) electrons. The van der Waals surface area contributed by atoms with Gasteiger partial charge >= 0.3 is 0 Å². The Morgan fingerprint density at radius 2 is 2.22 bits per heavy atom. The van der Waals surface area contributed by atoms with E-state index in [0.29, 0.717) is 29.2 Å². The van der Waals surface area contributed by atoms with Crippen LogP contribution in [0.4, 0.5) is 11.5 Å². The highest BCUT2D eigenvalue weighted by Gasteiger charge is 2.26. The summed E-state index contributed by atoms with van der Waals surface area (Å²) in [5.41, 5.74) is 6.31. The van der Waals surface area contributed by atoms with Crippen molar-refractivity contribution < 1.29 is 9.84 Å². The summed E-state index contributed by atoms with van der Waals surface area (Å²) in [7, 11) is 1.53. The molecule has 1 fully saturated rings. The zero-order chi connectivity index (χ0) is 13.0. The molecule has 0 spiro atoms. The van der Waals surface area contributed by atoms with E-state index in [1.807, 2.05) is 0 Å². The summed E-state index contributed by atoms with van der Waals surface area (Å²) in [5.74, 6) is 1.86. The van der Waals surface area contributed by atoms with Crippen LogP contribution < -0.4 is 15.8 Å². The first-order chi connectivity index (χ1) is 8.76. The molecule has 0 aliphatic heterocycles. The highest BCUT2D eigenvalue weighted by Crippen LogP contribution is 2.32. The predicted molar refractivity (Wildman–Crippen MR) is 69.4 cm³/mol. The van der Waals surface area contributed by atoms with E-state index in [1.165, 1.54) is 19.9 Å². The van der Waals surface area contributed by atoms with Gasteiger partial charge in [-0.05, 0) is 24.7 Å². The van der Waals surface area contributed by atoms with Crippen LogP contribution in [0.25, 0.3) is 0 Å². The van der Waals surface area contributed by atoms with Crippen LogP contribution in [0, 0.1) is 11.8 Å². The summed E-state index contributed by atoms with van der Waals surface area (Å²) in [6.45, 7) is 1.03. The number of hydrogen-bond acceptors (Lipinski definition) is 6. The second-order valence-corrected chi connectivity index (χ2v) is 4.66. The summed E-state index contributed by atoms with van der Waals surface area (Å²) < 4.78 is 5.04. The molecule has 1 aliphatic rings. The number of aliphatic hydroxyl groups is 1. The van der Waals surface area contributed by atoms with Gasteiger partial charge in [-0.25, -0.2) is 4.98 Å². The SMILES string of the molecule is COc1ncnc(NCC2CCCC2CO)c1N. The maximum atomic E-state index is 9.27. The Labute approximate surface area is 107 Å². The third kappa shape index (κ3) is 2.64. The Bertz CT molecular complexity index is 400. The summed E-state index contributed by atoms with van der Waals surface area (Å²) in [6.07, 6.45) is 4.85. The first-order valence-electron chi connectivity index (χ1n) is 6.25. The van der Waals surface area contributed by atoms with Crippen molar-refractivity contribution in [2.75, 3.05) is 31.3 Å². The first-order valence-corrected chi connectivity index (χ1v) is 6.25. The average molecular weight is 252 g/mol. The van der Waals surface area contributed by atoms with Gasteiger partial charge in [0.15, 0.2) is 5.82 Å². The second kappa shape index (κ2) is 5.86. The molecule has 2 atom stereocenters. The van der Waals surface area contributed by atoms with Gasteiger partial charge < -0.3 is 20.9 Å². The molecule has 6 heteroatoms. The summed E-state index contributed by atoms with van der Waals surface area (Å²) >= 11 is 0. The van der Waals surface area contributed by atoms with Gasteiger partial charge in [0.05, 0.1) is 7.11 Å². The van der Waals surface area contributed by atoms with Crippen LogP contribution in [0.2, 0.25) is 0 Å². The molecule has 18 heavy (non-hydrogen) atoms. The van der Waals surface area contributed by atoms with E-state index in [1.54, 1.807) is 0 Å². The van der Waals surface area contributed by atoms with Crippen molar-refractivity contribution in [3.8, 4) is 5.88 Å². The van der Waals surface area contributed by atoms with Gasteiger partial charge in [-0.1, -0.05) is 6.42 Å². The third-order valence-electron chi connectivity index (χ3n) is 3.62. The molecule has 1 aromatic heterocycles. The van der Waals surface area contributed by atoms with Gasteiger partial charge in [0.25, 0.3) is 0 Å². The summed E-state index contributed by atoms with van der Waals surface area (Å²) in [6, 6.07) is 0. The van der Waals surface area contributed by atoms with Crippen molar-refractivity contribution in [1.29, 1.82) is 0 Å². The van der Waals surface area contributed by atoms with Gasteiger partial charge in [0.2, 0.25) is 5.88 Å².